The van der Waals surface area contributed by atoms with Crippen LogP contribution in [0.3, 0.4) is 0 Å². The van der Waals surface area contributed by atoms with Crippen molar-refractivity contribution in [1.82, 2.24) is 0 Å². The molecule has 0 amide bonds. The third-order valence-corrected chi connectivity index (χ3v) is 11.2. The quantitative estimate of drug-likeness (QED) is 0.540. The Balaban J connectivity index is 1.74. The minimum atomic E-state index is -1.74. The Kier molecular flexibility index (Phi) is 4.49. The van der Waals surface area contributed by atoms with Gasteiger partial charge < -0.3 is 15.3 Å². The summed E-state index contributed by atoms with van der Waals surface area (Å²) in [5, 5.41) is 32.0. The van der Waals surface area contributed by atoms with Crippen LogP contribution < -0.4 is 0 Å². The van der Waals surface area contributed by atoms with Gasteiger partial charge in [0.25, 0.3) is 0 Å². The Morgan fingerprint density at radius 2 is 1.70 bits per heavy atom. The van der Waals surface area contributed by atoms with E-state index in [1.165, 1.54) is 6.92 Å². The van der Waals surface area contributed by atoms with Crippen LogP contribution >= 0.6 is 15.9 Å². The van der Waals surface area contributed by atoms with Crippen molar-refractivity contribution >= 4 is 21.7 Å². The van der Waals surface area contributed by atoms with Gasteiger partial charge in [-0.25, -0.2) is 4.39 Å². The molecule has 27 heavy (non-hydrogen) atoms. The van der Waals surface area contributed by atoms with Crippen LogP contribution in [0, 0.1) is 28.6 Å². The Bertz CT molecular complexity index is 660. The van der Waals surface area contributed by atoms with Gasteiger partial charge in [0.15, 0.2) is 11.4 Å². The average molecular weight is 447 g/mol. The van der Waals surface area contributed by atoms with Gasteiger partial charge >= 0.3 is 0 Å². The second kappa shape index (κ2) is 5.99. The van der Waals surface area contributed by atoms with Crippen molar-refractivity contribution in [3.8, 4) is 0 Å². The average Bonchev–Trinajstić information content (AvgIpc) is 2.80. The molecule has 4 rings (SSSR count). The Morgan fingerprint density at radius 3 is 2.33 bits per heavy atom. The summed E-state index contributed by atoms with van der Waals surface area (Å²) < 4.78 is 14.9. The lowest BCUT2D eigenvalue weighted by Crippen LogP contribution is -2.66. The molecule has 0 saturated heterocycles. The first-order valence-corrected chi connectivity index (χ1v) is 11.1. The number of halogens is 2. The van der Waals surface area contributed by atoms with E-state index in [-0.39, 0.29) is 29.0 Å². The molecule has 3 N–H and O–H groups in total. The predicted molar refractivity (Wildman–Crippen MR) is 103 cm³/mol. The maximum Gasteiger partial charge on any atom is 0.164 e. The Labute approximate surface area is 169 Å². The topological polar surface area (TPSA) is 77.8 Å². The number of hydrogen-bond acceptors (Lipinski definition) is 4. The monoisotopic (exact) mass is 446 g/mol. The van der Waals surface area contributed by atoms with Crippen molar-refractivity contribution in [2.75, 3.05) is 0 Å². The van der Waals surface area contributed by atoms with Gasteiger partial charge in [-0.2, -0.15) is 0 Å². The van der Waals surface area contributed by atoms with Gasteiger partial charge in [-0.15, -0.1) is 0 Å². The van der Waals surface area contributed by atoms with E-state index in [1.807, 2.05) is 6.92 Å². The number of alkyl halides is 2. The maximum atomic E-state index is 15.6. The molecular weight excluding hydrogens is 415 g/mol. The van der Waals surface area contributed by atoms with Crippen molar-refractivity contribution in [1.29, 1.82) is 0 Å². The van der Waals surface area contributed by atoms with E-state index in [4.69, 9.17) is 0 Å². The molecule has 6 heteroatoms. The van der Waals surface area contributed by atoms with Crippen molar-refractivity contribution in [3.63, 3.8) is 0 Å². The van der Waals surface area contributed by atoms with Gasteiger partial charge in [0.2, 0.25) is 0 Å². The van der Waals surface area contributed by atoms with Crippen molar-refractivity contribution in [3.05, 3.63) is 0 Å². The molecule has 0 aromatic rings. The zero-order valence-corrected chi connectivity index (χ0v) is 18.0. The summed E-state index contributed by atoms with van der Waals surface area (Å²) in [7, 11) is 0. The molecule has 154 valence electrons. The van der Waals surface area contributed by atoms with Crippen LogP contribution in [-0.2, 0) is 4.79 Å². The zero-order valence-electron chi connectivity index (χ0n) is 16.4. The minimum absolute atomic E-state index is 0.0349. The van der Waals surface area contributed by atoms with Gasteiger partial charge in [0, 0.05) is 5.41 Å². The van der Waals surface area contributed by atoms with E-state index in [1.54, 1.807) is 0 Å². The van der Waals surface area contributed by atoms with E-state index >= 15 is 4.39 Å². The van der Waals surface area contributed by atoms with Gasteiger partial charge in [0.05, 0.1) is 16.5 Å². The molecule has 4 nitrogen and oxygen atoms in total. The molecule has 10 atom stereocenters. The van der Waals surface area contributed by atoms with Crippen molar-refractivity contribution in [2.45, 2.75) is 94.0 Å². The van der Waals surface area contributed by atoms with E-state index in [2.05, 4.69) is 22.9 Å². The minimum Gasteiger partial charge on any atom is -0.393 e. The molecule has 0 aromatic heterocycles. The molecule has 0 heterocycles. The van der Waals surface area contributed by atoms with Gasteiger partial charge in [0.1, 0.15) is 6.17 Å². The van der Waals surface area contributed by atoms with E-state index in [0.29, 0.717) is 32.1 Å². The first-order valence-electron chi connectivity index (χ1n) is 10.3. The summed E-state index contributed by atoms with van der Waals surface area (Å²) in [6, 6.07) is 0. The first-order chi connectivity index (χ1) is 12.4. The van der Waals surface area contributed by atoms with Gasteiger partial charge in [-0.05, 0) is 75.0 Å². The van der Waals surface area contributed by atoms with Crippen LogP contribution in [0.5, 0.6) is 0 Å². The second-order valence-corrected chi connectivity index (χ2v) is 11.7. The van der Waals surface area contributed by atoms with Crippen LogP contribution in [0.1, 0.15) is 65.7 Å². The Morgan fingerprint density at radius 1 is 1.07 bits per heavy atom. The molecule has 4 aliphatic carbocycles. The SMILES string of the molecule is CC(=O)C1(O)C(O)CC2C3CC(F)C4(Br)CC(O)CCC4(C)C3CCC21C. The van der Waals surface area contributed by atoms with Gasteiger partial charge in [-0.3, -0.25) is 4.79 Å². The number of aliphatic hydroxyl groups is 3. The van der Waals surface area contributed by atoms with E-state index in [0.717, 1.165) is 12.8 Å². The highest BCUT2D eigenvalue weighted by molar-refractivity contribution is 9.10. The highest BCUT2D eigenvalue weighted by atomic mass is 79.9. The largest absolute Gasteiger partial charge is 0.393 e. The predicted octanol–water partition coefficient (Wildman–Crippen LogP) is 3.15. The van der Waals surface area contributed by atoms with Gasteiger partial charge in [-0.1, -0.05) is 29.8 Å². The summed E-state index contributed by atoms with van der Waals surface area (Å²) in [6.45, 7) is 5.43. The van der Waals surface area contributed by atoms with Crippen LogP contribution in [0.25, 0.3) is 0 Å². The van der Waals surface area contributed by atoms with Crippen LogP contribution in [0.2, 0.25) is 0 Å². The number of aliphatic hydroxyl groups excluding tert-OH is 2. The molecule has 4 aliphatic rings. The summed E-state index contributed by atoms with van der Waals surface area (Å²) in [6.07, 6.45) is 1.41. The fraction of sp³-hybridized carbons (Fsp3) is 0.952. The zero-order chi connectivity index (χ0) is 20.0. The summed E-state index contributed by atoms with van der Waals surface area (Å²) in [4.78, 5) is 12.3. The fourth-order valence-corrected chi connectivity index (χ4v) is 8.87. The number of Topliss-reactive ketones (excluding diaryl/α,β-unsaturated/α-hetero) is 1. The smallest absolute Gasteiger partial charge is 0.164 e. The number of fused-ring (bicyclic) bond motifs is 5. The van der Waals surface area contributed by atoms with Crippen molar-refractivity contribution < 1.29 is 24.5 Å². The number of hydrogen-bond donors (Lipinski definition) is 3. The number of rotatable bonds is 1. The molecular formula is C21H32BrFO4. The summed E-state index contributed by atoms with van der Waals surface area (Å²) >= 11 is 3.75. The lowest BCUT2D eigenvalue weighted by atomic mass is 9.43. The first kappa shape index (κ1) is 20.2. The highest BCUT2D eigenvalue weighted by Gasteiger charge is 2.72. The van der Waals surface area contributed by atoms with Crippen LogP contribution in [-0.4, -0.2) is 49.4 Å². The lowest BCUT2D eigenvalue weighted by molar-refractivity contribution is -0.183. The maximum absolute atomic E-state index is 15.6. The number of carbonyl (C=O) groups excluding carboxylic acids is 1. The van der Waals surface area contributed by atoms with E-state index < -0.39 is 33.7 Å². The van der Waals surface area contributed by atoms with Crippen molar-refractivity contribution in [2.24, 2.45) is 28.6 Å². The fourth-order valence-electron chi connectivity index (χ4n) is 7.82. The molecule has 0 radical (unpaired) electrons. The second-order valence-electron chi connectivity index (χ2n) is 10.3. The standard InChI is InChI=1S/C21H32BrFO4/c1-11(24)21(27)17(26)9-15-13-8-16(23)20(22)10-12(25)4-6-18(20,2)14(13)5-7-19(15,21)3/h12-17,25-27H,4-10H2,1-3H3. The normalized spacial score (nSPS) is 60.3. The number of ketones is 1. The lowest BCUT2D eigenvalue weighted by Gasteiger charge is -2.65. The molecule has 4 fully saturated rings. The third kappa shape index (κ3) is 2.27. The molecule has 10 unspecified atom stereocenters. The summed E-state index contributed by atoms with van der Waals surface area (Å²) in [5.41, 5.74) is -2.73. The molecule has 0 bridgehead atoms. The third-order valence-electron chi connectivity index (χ3n) is 9.47. The molecule has 0 aromatic carbocycles. The highest BCUT2D eigenvalue weighted by Crippen LogP contribution is 2.71. The van der Waals surface area contributed by atoms with Crippen LogP contribution in [0.15, 0.2) is 0 Å². The summed E-state index contributed by atoms with van der Waals surface area (Å²) in [5.74, 6) is -0.157. The Hall–Kier alpha value is -0.0400. The molecule has 0 aliphatic heterocycles. The molecule has 0 spiro atoms. The number of carbonyl (C=O) groups is 1. The van der Waals surface area contributed by atoms with Crippen LogP contribution in [0.4, 0.5) is 4.39 Å². The molecule has 4 saturated carbocycles. The van der Waals surface area contributed by atoms with E-state index in [9.17, 15) is 20.1 Å².